The third kappa shape index (κ3) is 3.50. The van der Waals surface area contributed by atoms with Crippen LogP contribution < -0.4 is 10.9 Å². The second-order valence-corrected chi connectivity index (χ2v) is 6.57. The topological polar surface area (TPSA) is 98.6 Å². The standard InChI is InChI=1S/C20H14F4N4O2/c1-9-15-14(7-6-12(21)17(15)22)28-18(29)16(9)20(23,24)19(30)26-10(2)13-5-3-4-11(8-25)27-13/h3-7,10H,1-2H3,(H,26,30)(H,28,29)/t10-/m1/s1. The van der Waals surface area contributed by atoms with E-state index < -0.39 is 51.6 Å². The predicted molar refractivity (Wildman–Crippen MR) is 98.6 cm³/mol. The summed E-state index contributed by atoms with van der Waals surface area (Å²) in [5.74, 6) is -8.88. The van der Waals surface area contributed by atoms with Crippen molar-refractivity contribution in [2.75, 3.05) is 0 Å². The summed E-state index contributed by atoms with van der Waals surface area (Å²) >= 11 is 0. The van der Waals surface area contributed by atoms with Crippen molar-refractivity contribution in [1.29, 1.82) is 5.26 Å². The Morgan fingerprint density at radius 1 is 1.27 bits per heavy atom. The second-order valence-electron chi connectivity index (χ2n) is 6.57. The molecule has 2 N–H and O–H groups in total. The number of aromatic amines is 1. The van der Waals surface area contributed by atoms with Gasteiger partial charge in [0.05, 0.1) is 22.8 Å². The number of pyridine rings is 2. The molecule has 0 aliphatic heterocycles. The minimum atomic E-state index is -4.36. The van der Waals surface area contributed by atoms with Gasteiger partial charge in [-0.3, -0.25) is 9.59 Å². The van der Waals surface area contributed by atoms with Gasteiger partial charge < -0.3 is 10.3 Å². The Morgan fingerprint density at radius 2 is 1.97 bits per heavy atom. The maximum atomic E-state index is 14.9. The number of alkyl halides is 2. The third-order valence-corrected chi connectivity index (χ3v) is 4.60. The van der Waals surface area contributed by atoms with Gasteiger partial charge in [-0.1, -0.05) is 6.07 Å². The largest absolute Gasteiger partial charge is 0.355 e. The Kier molecular flexibility index (Phi) is 5.31. The van der Waals surface area contributed by atoms with Crippen LogP contribution in [0.25, 0.3) is 10.9 Å². The molecular formula is C20H14F4N4O2. The lowest BCUT2D eigenvalue weighted by atomic mass is 9.98. The molecule has 154 valence electrons. The molecular weight excluding hydrogens is 404 g/mol. The molecule has 1 aromatic carbocycles. The van der Waals surface area contributed by atoms with Gasteiger partial charge in [0, 0.05) is 5.39 Å². The molecule has 3 aromatic rings. The summed E-state index contributed by atoms with van der Waals surface area (Å²) in [4.78, 5) is 30.6. The Morgan fingerprint density at radius 3 is 2.63 bits per heavy atom. The Labute approximate surface area is 167 Å². The van der Waals surface area contributed by atoms with Gasteiger partial charge in [-0.05, 0) is 43.7 Å². The number of halogens is 4. The van der Waals surface area contributed by atoms with Crippen molar-refractivity contribution in [2.45, 2.75) is 25.8 Å². The number of hydrogen-bond acceptors (Lipinski definition) is 4. The number of aromatic nitrogens is 2. The molecule has 0 aliphatic rings. The van der Waals surface area contributed by atoms with E-state index in [0.29, 0.717) is 0 Å². The molecule has 1 amide bonds. The lowest BCUT2D eigenvalue weighted by Crippen LogP contribution is -2.43. The van der Waals surface area contributed by atoms with E-state index in [0.717, 1.165) is 19.1 Å². The number of benzene rings is 1. The highest BCUT2D eigenvalue weighted by Crippen LogP contribution is 2.33. The first-order valence-corrected chi connectivity index (χ1v) is 8.64. The van der Waals surface area contributed by atoms with E-state index in [1.165, 1.54) is 25.1 Å². The first kappa shape index (κ1) is 21.0. The quantitative estimate of drug-likeness (QED) is 0.635. The fraction of sp³-hybridized carbons (Fsp3) is 0.200. The van der Waals surface area contributed by atoms with Crippen molar-refractivity contribution in [1.82, 2.24) is 15.3 Å². The predicted octanol–water partition coefficient (Wildman–Crippen LogP) is 3.35. The van der Waals surface area contributed by atoms with Gasteiger partial charge in [-0.15, -0.1) is 0 Å². The van der Waals surface area contributed by atoms with Crippen molar-refractivity contribution >= 4 is 16.8 Å². The van der Waals surface area contributed by atoms with E-state index in [4.69, 9.17) is 5.26 Å². The van der Waals surface area contributed by atoms with Crippen LogP contribution in [0.5, 0.6) is 0 Å². The van der Waals surface area contributed by atoms with Crippen LogP contribution in [-0.4, -0.2) is 15.9 Å². The molecule has 30 heavy (non-hydrogen) atoms. The lowest BCUT2D eigenvalue weighted by Gasteiger charge is -2.21. The maximum Gasteiger partial charge on any atom is 0.355 e. The molecule has 0 saturated carbocycles. The Balaban J connectivity index is 2.03. The SMILES string of the molecule is Cc1c(C(F)(F)C(=O)N[C@H](C)c2cccc(C#N)n2)c(=O)[nH]c2ccc(F)c(F)c12. The zero-order valence-electron chi connectivity index (χ0n) is 15.7. The first-order chi connectivity index (χ1) is 14.1. The number of aryl methyl sites for hydroxylation is 1. The van der Waals surface area contributed by atoms with Gasteiger partial charge in [-0.2, -0.15) is 14.0 Å². The molecule has 0 aliphatic carbocycles. The summed E-state index contributed by atoms with van der Waals surface area (Å²) in [6, 6.07) is 6.86. The average molecular weight is 418 g/mol. The number of hydrogen-bond donors (Lipinski definition) is 2. The number of nitrogens with zero attached hydrogens (tertiary/aromatic N) is 2. The molecule has 2 heterocycles. The van der Waals surface area contributed by atoms with E-state index >= 15 is 0 Å². The van der Waals surface area contributed by atoms with Crippen LogP contribution in [0.15, 0.2) is 35.1 Å². The molecule has 6 nitrogen and oxygen atoms in total. The minimum absolute atomic E-state index is 0.0275. The van der Waals surface area contributed by atoms with Crippen LogP contribution in [0.3, 0.4) is 0 Å². The van der Waals surface area contributed by atoms with E-state index in [1.54, 1.807) is 6.07 Å². The smallest absolute Gasteiger partial charge is 0.342 e. The van der Waals surface area contributed by atoms with Gasteiger partial charge in [0.15, 0.2) is 11.6 Å². The zero-order valence-corrected chi connectivity index (χ0v) is 15.7. The summed E-state index contributed by atoms with van der Waals surface area (Å²) < 4.78 is 57.6. The van der Waals surface area contributed by atoms with Gasteiger partial charge in [0.2, 0.25) is 0 Å². The summed E-state index contributed by atoms with van der Waals surface area (Å²) in [5.41, 5.74) is -3.15. The highest BCUT2D eigenvalue weighted by Gasteiger charge is 2.45. The normalized spacial score (nSPS) is 12.4. The Hall–Kier alpha value is -3.74. The monoisotopic (exact) mass is 418 g/mol. The summed E-state index contributed by atoms with van der Waals surface area (Å²) in [5, 5.41) is 10.4. The number of nitriles is 1. The molecule has 1 atom stereocenters. The lowest BCUT2D eigenvalue weighted by molar-refractivity contribution is -0.148. The summed E-state index contributed by atoms with van der Waals surface area (Å²) in [6.07, 6.45) is 0. The average Bonchev–Trinajstić information content (AvgIpc) is 2.70. The molecule has 2 aromatic heterocycles. The first-order valence-electron chi connectivity index (χ1n) is 8.64. The van der Waals surface area contributed by atoms with Crippen LogP contribution in [0.1, 0.15) is 35.5 Å². The highest BCUT2D eigenvalue weighted by atomic mass is 19.3. The van der Waals surface area contributed by atoms with Gasteiger partial charge in [0.25, 0.3) is 11.5 Å². The van der Waals surface area contributed by atoms with Crippen LogP contribution in [-0.2, 0) is 10.7 Å². The van der Waals surface area contributed by atoms with Crippen LogP contribution in [0.2, 0.25) is 0 Å². The molecule has 0 bridgehead atoms. The molecule has 3 rings (SSSR count). The van der Waals surface area contributed by atoms with Crippen LogP contribution >= 0.6 is 0 Å². The van der Waals surface area contributed by atoms with Gasteiger partial charge in [-0.25, -0.2) is 13.8 Å². The minimum Gasteiger partial charge on any atom is -0.342 e. The fourth-order valence-corrected chi connectivity index (χ4v) is 3.11. The number of H-pyrrole nitrogens is 1. The summed E-state index contributed by atoms with van der Waals surface area (Å²) in [7, 11) is 0. The Bertz CT molecular complexity index is 1260. The van der Waals surface area contributed by atoms with Crippen LogP contribution in [0, 0.1) is 29.9 Å². The van der Waals surface area contributed by atoms with Crippen molar-refractivity contribution in [2.24, 2.45) is 0 Å². The number of rotatable bonds is 4. The number of nitrogens with one attached hydrogen (secondary N) is 2. The zero-order chi connectivity index (χ0) is 22.2. The third-order valence-electron chi connectivity index (χ3n) is 4.60. The number of carbonyl (C=O) groups excluding carboxylic acids is 1. The molecule has 0 saturated heterocycles. The van der Waals surface area contributed by atoms with E-state index in [2.05, 4.69) is 9.97 Å². The van der Waals surface area contributed by atoms with Crippen molar-refractivity contribution in [3.63, 3.8) is 0 Å². The summed E-state index contributed by atoms with van der Waals surface area (Å²) in [6.45, 7) is 2.38. The van der Waals surface area contributed by atoms with Crippen molar-refractivity contribution < 1.29 is 22.4 Å². The second kappa shape index (κ2) is 7.59. The molecule has 0 spiro atoms. The van der Waals surface area contributed by atoms with Crippen molar-refractivity contribution in [3.05, 3.63) is 74.8 Å². The molecule has 10 heteroatoms. The van der Waals surface area contributed by atoms with Crippen molar-refractivity contribution in [3.8, 4) is 6.07 Å². The molecule has 0 unspecified atom stereocenters. The maximum absolute atomic E-state index is 14.9. The van der Waals surface area contributed by atoms with Gasteiger partial charge >= 0.3 is 5.92 Å². The molecule has 0 fully saturated rings. The number of amides is 1. The molecule has 0 radical (unpaired) electrons. The van der Waals surface area contributed by atoms with E-state index in [-0.39, 0.29) is 16.9 Å². The highest BCUT2D eigenvalue weighted by molar-refractivity contribution is 5.89. The van der Waals surface area contributed by atoms with Gasteiger partial charge in [0.1, 0.15) is 11.8 Å². The number of fused-ring (bicyclic) bond motifs is 1. The number of carbonyl (C=O) groups is 1. The fourth-order valence-electron chi connectivity index (χ4n) is 3.11. The van der Waals surface area contributed by atoms with E-state index in [1.807, 2.05) is 5.32 Å². The van der Waals surface area contributed by atoms with E-state index in [9.17, 15) is 27.2 Å². The van der Waals surface area contributed by atoms with Crippen LogP contribution in [0.4, 0.5) is 17.6 Å².